The average Bonchev–Trinajstić information content (AvgIpc) is 2.91. The van der Waals surface area contributed by atoms with E-state index in [1.54, 1.807) is 0 Å². The summed E-state index contributed by atoms with van der Waals surface area (Å²) in [4.78, 5) is 13.7. The van der Waals surface area contributed by atoms with E-state index in [9.17, 15) is 4.79 Å². The molecule has 0 aliphatic heterocycles. The first-order chi connectivity index (χ1) is 18.6. The van der Waals surface area contributed by atoms with Gasteiger partial charge < -0.3 is 18.6 Å². The zero-order valence-electron chi connectivity index (χ0n) is 23.8. The Morgan fingerprint density at radius 2 is 1.08 bits per heavy atom. The zero-order chi connectivity index (χ0) is 27.9. The van der Waals surface area contributed by atoms with Crippen LogP contribution in [0.4, 0.5) is 0 Å². The number of rotatable bonds is 11. The molecule has 1 aliphatic rings. The zero-order valence-corrected chi connectivity index (χ0v) is 24.8. The number of benzene rings is 3. The van der Waals surface area contributed by atoms with E-state index in [0.717, 1.165) is 16.7 Å². The molecule has 0 N–H and O–H groups in total. The molecule has 1 fully saturated rings. The van der Waals surface area contributed by atoms with E-state index in [1.807, 2.05) is 91.0 Å². The van der Waals surface area contributed by atoms with Crippen LogP contribution in [0.3, 0.4) is 0 Å². The van der Waals surface area contributed by atoms with E-state index in [-0.39, 0.29) is 17.2 Å². The Balaban J connectivity index is 1.63. The van der Waals surface area contributed by atoms with Crippen molar-refractivity contribution >= 4 is 14.1 Å². The predicted octanol–water partition coefficient (Wildman–Crippen LogP) is 7.11. The lowest BCUT2D eigenvalue weighted by Crippen LogP contribution is -2.60. The van der Waals surface area contributed by atoms with Gasteiger partial charge in [0.05, 0.1) is 25.9 Å². The van der Waals surface area contributed by atoms with Crippen LogP contribution < -0.4 is 0 Å². The molecule has 6 heteroatoms. The summed E-state index contributed by atoms with van der Waals surface area (Å²) in [5.41, 5.74) is 3.10. The van der Waals surface area contributed by atoms with Crippen LogP contribution in [0.1, 0.15) is 43.9 Å². The van der Waals surface area contributed by atoms with Crippen molar-refractivity contribution in [1.82, 2.24) is 0 Å². The van der Waals surface area contributed by atoms with Gasteiger partial charge in [0.2, 0.25) is 0 Å². The number of ketones is 1. The van der Waals surface area contributed by atoms with Gasteiger partial charge >= 0.3 is 0 Å². The maximum atomic E-state index is 13.7. The van der Waals surface area contributed by atoms with Crippen LogP contribution in [-0.2, 0) is 43.3 Å². The molecule has 1 aliphatic carbocycles. The van der Waals surface area contributed by atoms with Crippen molar-refractivity contribution in [2.24, 2.45) is 0 Å². The molecule has 3 aromatic rings. The van der Waals surface area contributed by atoms with Gasteiger partial charge in [-0.25, -0.2) is 0 Å². The van der Waals surface area contributed by atoms with Gasteiger partial charge in [0.1, 0.15) is 18.3 Å². The van der Waals surface area contributed by atoms with Crippen LogP contribution >= 0.6 is 0 Å². The average molecular weight is 547 g/mol. The van der Waals surface area contributed by atoms with Crippen molar-refractivity contribution in [3.8, 4) is 0 Å². The second kappa shape index (κ2) is 13.2. The fourth-order valence-electron chi connectivity index (χ4n) is 4.53. The minimum atomic E-state index is -2.21. The van der Waals surface area contributed by atoms with Crippen LogP contribution in [0.5, 0.6) is 0 Å². The highest BCUT2D eigenvalue weighted by Gasteiger charge is 2.50. The van der Waals surface area contributed by atoms with Crippen molar-refractivity contribution in [1.29, 1.82) is 0 Å². The number of hydrogen-bond acceptors (Lipinski definition) is 5. The van der Waals surface area contributed by atoms with Crippen LogP contribution in [0.25, 0.3) is 0 Å². The molecule has 39 heavy (non-hydrogen) atoms. The molecule has 0 amide bonds. The molecular formula is C33H42O5Si. The fourth-order valence-corrected chi connectivity index (χ4v) is 5.86. The second-order valence-corrected chi connectivity index (χ2v) is 16.6. The maximum Gasteiger partial charge on any atom is 0.192 e. The first-order valence-electron chi connectivity index (χ1n) is 13.8. The molecule has 0 aromatic heterocycles. The lowest BCUT2D eigenvalue weighted by molar-refractivity contribution is -0.199. The Bertz CT molecular complexity index is 1160. The first-order valence-corrected chi connectivity index (χ1v) is 16.7. The molecule has 0 radical (unpaired) electrons. The molecule has 5 nitrogen and oxygen atoms in total. The van der Waals surface area contributed by atoms with Crippen LogP contribution in [0.2, 0.25) is 18.1 Å². The molecule has 4 rings (SSSR count). The van der Waals surface area contributed by atoms with Gasteiger partial charge in [-0.2, -0.15) is 0 Å². The Hall–Kier alpha value is -2.61. The third kappa shape index (κ3) is 7.96. The van der Waals surface area contributed by atoms with Crippen LogP contribution in [0, 0.1) is 0 Å². The van der Waals surface area contributed by atoms with E-state index in [0.29, 0.717) is 19.8 Å². The summed E-state index contributed by atoms with van der Waals surface area (Å²) in [7, 11) is -2.21. The van der Waals surface area contributed by atoms with Crippen molar-refractivity contribution in [2.75, 3.05) is 0 Å². The molecule has 0 spiro atoms. The number of hydrogen-bond donors (Lipinski definition) is 0. The number of carbonyl (C=O) groups is 1. The molecular weight excluding hydrogens is 504 g/mol. The lowest BCUT2D eigenvalue weighted by Gasteiger charge is -2.46. The standard InChI is InChI=1S/C33H42O5Si/c1-33(2,3)39(4,5)38-29-21-28(34)30(35-22-25-15-9-6-10-16-25)32(37-24-27-19-13-8-14-20-27)31(29)36-23-26-17-11-7-12-18-26/h6-20,29-32H,21-24H2,1-5H3/t29-,30-,31-,32-/m0/s1. The number of carbonyl (C=O) groups excluding carboxylic acids is 1. The Labute approximate surface area is 234 Å². The summed E-state index contributed by atoms with van der Waals surface area (Å²) < 4.78 is 26.3. The molecule has 0 unspecified atom stereocenters. The normalized spacial score (nSPS) is 22.1. The minimum absolute atomic E-state index is 0.00716. The third-order valence-electron chi connectivity index (χ3n) is 7.80. The van der Waals surface area contributed by atoms with Crippen LogP contribution in [0.15, 0.2) is 91.0 Å². The van der Waals surface area contributed by atoms with E-state index >= 15 is 0 Å². The van der Waals surface area contributed by atoms with Crippen molar-refractivity contribution in [3.63, 3.8) is 0 Å². The highest BCUT2D eigenvalue weighted by Crippen LogP contribution is 2.40. The van der Waals surface area contributed by atoms with Gasteiger partial charge in [0.25, 0.3) is 0 Å². The summed E-state index contributed by atoms with van der Waals surface area (Å²) in [6.45, 7) is 12.1. The second-order valence-electron chi connectivity index (χ2n) is 11.8. The topological polar surface area (TPSA) is 54.0 Å². The number of Topliss-reactive ketones (excluding diaryl/α,β-unsaturated/α-hetero) is 1. The van der Waals surface area contributed by atoms with Gasteiger partial charge in [0.15, 0.2) is 14.1 Å². The van der Waals surface area contributed by atoms with Gasteiger partial charge in [-0.05, 0) is 34.8 Å². The van der Waals surface area contributed by atoms with Crippen LogP contribution in [-0.4, -0.2) is 38.5 Å². The Morgan fingerprint density at radius 1 is 0.667 bits per heavy atom. The Kier molecular flexibility index (Phi) is 9.91. The molecule has 208 valence electrons. The summed E-state index contributed by atoms with van der Waals surface area (Å²) in [6.07, 6.45) is -2.03. The summed E-state index contributed by atoms with van der Waals surface area (Å²) >= 11 is 0. The molecule has 0 saturated heterocycles. The highest BCUT2D eigenvalue weighted by molar-refractivity contribution is 6.74. The highest BCUT2D eigenvalue weighted by atomic mass is 28.4. The van der Waals surface area contributed by atoms with Crippen molar-refractivity contribution in [2.45, 2.75) is 89.6 Å². The van der Waals surface area contributed by atoms with E-state index in [1.165, 1.54) is 0 Å². The quantitative estimate of drug-likeness (QED) is 0.240. The predicted molar refractivity (Wildman–Crippen MR) is 157 cm³/mol. The summed E-state index contributed by atoms with van der Waals surface area (Å²) in [5, 5.41) is -0.0128. The third-order valence-corrected chi connectivity index (χ3v) is 12.3. The molecule has 3 aromatic carbocycles. The van der Waals surface area contributed by atoms with E-state index < -0.39 is 32.7 Å². The van der Waals surface area contributed by atoms with E-state index in [2.05, 4.69) is 33.9 Å². The monoisotopic (exact) mass is 546 g/mol. The van der Waals surface area contributed by atoms with Gasteiger partial charge in [-0.1, -0.05) is 112 Å². The first kappa shape index (κ1) is 29.4. The van der Waals surface area contributed by atoms with Gasteiger partial charge in [-0.3, -0.25) is 4.79 Å². The fraction of sp³-hybridized carbons (Fsp3) is 0.424. The van der Waals surface area contributed by atoms with Gasteiger partial charge in [-0.15, -0.1) is 0 Å². The summed E-state index contributed by atoms with van der Waals surface area (Å²) in [6, 6.07) is 30.0. The SMILES string of the molecule is CC(C)(C)[Si](C)(C)O[C@H]1CC(=O)[C@H](OCc2ccccc2)[C@H](OCc2ccccc2)[C@H]1OCc1ccccc1. The van der Waals surface area contributed by atoms with Crippen molar-refractivity contribution in [3.05, 3.63) is 108 Å². The lowest BCUT2D eigenvalue weighted by atomic mass is 9.87. The molecule has 0 bridgehead atoms. The Morgan fingerprint density at radius 3 is 1.51 bits per heavy atom. The van der Waals surface area contributed by atoms with Gasteiger partial charge in [0, 0.05) is 6.42 Å². The van der Waals surface area contributed by atoms with E-state index in [4.69, 9.17) is 18.6 Å². The maximum absolute atomic E-state index is 13.7. The van der Waals surface area contributed by atoms with Crippen molar-refractivity contribution < 1.29 is 23.4 Å². The summed E-state index contributed by atoms with van der Waals surface area (Å²) in [5.74, 6) is -0.00716. The smallest absolute Gasteiger partial charge is 0.192 e. The molecule has 4 atom stereocenters. The minimum Gasteiger partial charge on any atom is -0.411 e. The molecule has 1 saturated carbocycles. The molecule has 0 heterocycles. The number of ether oxygens (including phenoxy) is 3. The largest absolute Gasteiger partial charge is 0.411 e.